The molecule has 0 aromatic carbocycles. The molecule has 3 aromatic heterocycles. The van der Waals surface area contributed by atoms with Crippen molar-refractivity contribution in [1.29, 1.82) is 0 Å². The van der Waals surface area contributed by atoms with E-state index >= 15 is 0 Å². The van der Waals surface area contributed by atoms with Crippen LogP contribution in [0.2, 0.25) is 0 Å². The number of carboxylic acid groups (broad SMARTS) is 1. The van der Waals surface area contributed by atoms with Crippen LogP contribution in [0.1, 0.15) is 21.5 Å². The Labute approximate surface area is 192 Å². The van der Waals surface area contributed by atoms with Crippen LogP contribution in [0.5, 0.6) is 0 Å². The molecule has 0 atom stereocenters. The molecule has 0 fully saturated rings. The first-order chi connectivity index (χ1) is 12.0. The van der Waals surface area contributed by atoms with E-state index in [4.69, 9.17) is 0 Å². The first-order valence-electron chi connectivity index (χ1n) is 7.50. The van der Waals surface area contributed by atoms with Crippen molar-refractivity contribution in [1.82, 2.24) is 15.0 Å². The molecular weight excluding hydrogens is 475 g/mol. The zero-order valence-electron chi connectivity index (χ0n) is 17.5. The molecule has 0 amide bonds. The number of carbonyl (C=O) groups excluding carboxylic acids is 1. The molecule has 0 N–H and O–H groups in total. The molecule has 0 bridgehead atoms. The van der Waals surface area contributed by atoms with Crippen molar-refractivity contribution in [3.8, 4) is 22.8 Å². The SMILES string of the molecule is CCl.Cc1ccnc(-c2cc(C)cc(-c3cc(C(=O)[O-])ccn3)n2)c1.[CH3-].[CH3-].[CH3-].[Ru+3]. The molecule has 0 unspecified atom stereocenters. The number of aromatic nitrogens is 3. The summed E-state index contributed by atoms with van der Waals surface area (Å²) in [6, 6.07) is 10.5. The summed E-state index contributed by atoms with van der Waals surface area (Å²) in [7, 11) is 0. The Bertz CT molecular complexity index is 905. The average Bonchev–Trinajstić information content (AvgIpc) is 2.63. The van der Waals surface area contributed by atoms with Crippen LogP contribution in [0.4, 0.5) is 0 Å². The molecule has 0 saturated heterocycles. The number of aryl methyl sites for hydroxylation is 2. The van der Waals surface area contributed by atoms with Crippen LogP contribution >= 0.6 is 11.6 Å². The summed E-state index contributed by atoms with van der Waals surface area (Å²) in [5.41, 5.74) is 4.76. The van der Waals surface area contributed by atoms with Gasteiger partial charge >= 0.3 is 19.5 Å². The number of alkyl halides is 1. The van der Waals surface area contributed by atoms with Crippen molar-refractivity contribution in [2.24, 2.45) is 0 Å². The fourth-order valence-corrected chi connectivity index (χ4v) is 2.30. The average molecular weight is 501 g/mol. The Kier molecular flexibility index (Phi) is 16.1. The van der Waals surface area contributed by atoms with Gasteiger partial charge in [-0.05, 0) is 61.4 Å². The van der Waals surface area contributed by atoms with Crippen molar-refractivity contribution in [3.63, 3.8) is 0 Å². The van der Waals surface area contributed by atoms with Gasteiger partial charge in [0.05, 0.1) is 28.7 Å². The van der Waals surface area contributed by atoms with Crippen LogP contribution in [0.15, 0.2) is 48.8 Å². The van der Waals surface area contributed by atoms with E-state index in [1.807, 2.05) is 38.1 Å². The molecule has 3 aromatic rings. The van der Waals surface area contributed by atoms with Crippen LogP contribution in [0, 0.1) is 36.1 Å². The van der Waals surface area contributed by atoms with Gasteiger partial charge in [0, 0.05) is 24.3 Å². The first kappa shape index (κ1) is 31.5. The van der Waals surface area contributed by atoms with E-state index in [9.17, 15) is 9.90 Å². The van der Waals surface area contributed by atoms with Gasteiger partial charge in [-0.25, -0.2) is 4.98 Å². The molecule has 3 heterocycles. The first-order valence-corrected chi connectivity index (χ1v) is 8.26. The smallest absolute Gasteiger partial charge is 0.545 e. The maximum atomic E-state index is 11.0. The molecular formula is C22H26ClN3O2Ru-. The third-order valence-corrected chi connectivity index (χ3v) is 3.41. The number of rotatable bonds is 3. The standard InChI is InChI=1S/C18H15N3O2.CH3Cl.3CH3.Ru/c1-11-3-5-19-14(7-11)16-8-12(2)9-17(21-16)15-10-13(18(22)23)4-6-20-15;1-2;;;;/h3-10H,1-2H3,(H,22,23);1H3;3*1H3;/q;;3*-1;+3/p-1. The Hall–Kier alpha value is -2.17. The van der Waals surface area contributed by atoms with Gasteiger partial charge in [0.15, 0.2) is 0 Å². The van der Waals surface area contributed by atoms with Crippen LogP contribution < -0.4 is 5.11 Å². The topological polar surface area (TPSA) is 78.8 Å². The van der Waals surface area contributed by atoms with Gasteiger partial charge in [-0.15, -0.1) is 11.6 Å². The summed E-state index contributed by atoms with van der Waals surface area (Å²) in [5, 5.41) is 11.0. The monoisotopic (exact) mass is 501 g/mol. The van der Waals surface area contributed by atoms with Gasteiger partial charge in [-0.3, -0.25) is 9.97 Å². The summed E-state index contributed by atoms with van der Waals surface area (Å²) < 4.78 is 0. The quantitative estimate of drug-likeness (QED) is 0.303. The number of carboxylic acids is 1. The summed E-state index contributed by atoms with van der Waals surface area (Å²) >= 11 is 4.64. The third-order valence-electron chi connectivity index (χ3n) is 3.41. The van der Waals surface area contributed by atoms with Crippen molar-refractivity contribution in [2.75, 3.05) is 6.38 Å². The summed E-state index contributed by atoms with van der Waals surface area (Å²) in [6.07, 6.45) is 4.65. The molecule has 0 spiro atoms. The minimum Gasteiger partial charge on any atom is -0.545 e. The molecule has 0 aliphatic heterocycles. The number of halogens is 1. The minimum atomic E-state index is -1.23. The second-order valence-corrected chi connectivity index (χ2v) is 5.35. The van der Waals surface area contributed by atoms with Crippen LogP contribution in [0.25, 0.3) is 22.8 Å². The molecule has 157 valence electrons. The van der Waals surface area contributed by atoms with Crippen molar-refractivity contribution >= 4 is 17.6 Å². The van der Waals surface area contributed by atoms with Gasteiger partial charge in [-0.2, -0.15) is 0 Å². The molecule has 7 heteroatoms. The molecule has 0 aliphatic carbocycles. The van der Waals surface area contributed by atoms with E-state index in [0.717, 1.165) is 22.5 Å². The second-order valence-electron chi connectivity index (χ2n) is 5.35. The number of carbonyl (C=O) groups is 1. The van der Waals surface area contributed by atoms with Gasteiger partial charge in [0.2, 0.25) is 0 Å². The molecule has 1 radical (unpaired) electrons. The molecule has 3 rings (SSSR count). The third kappa shape index (κ3) is 8.39. The Morgan fingerprint density at radius 3 is 1.72 bits per heavy atom. The van der Waals surface area contributed by atoms with E-state index in [1.54, 1.807) is 6.20 Å². The van der Waals surface area contributed by atoms with Crippen molar-refractivity contribution in [3.05, 3.63) is 87.8 Å². The molecule has 29 heavy (non-hydrogen) atoms. The fraction of sp³-hybridized carbons (Fsp3) is 0.136. The van der Waals surface area contributed by atoms with Gasteiger partial charge in [-0.1, -0.05) is 0 Å². The largest absolute Gasteiger partial charge is 3.00 e. The normalized spacial score (nSPS) is 8.55. The van der Waals surface area contributed by atoms with Crippen molar-refractivity contribution in [2.45, 2.75) is 13.8 Å². The zero-order chi connectivity index (χ0) is 18.4. The van der Waals surface area contributed by atoms with E-state index in [1.165, 1.54) is 24.7 Å². The van der Waals surface area contributed by atoms with E-state index in [-0.39, 0.29) is 47.3 Å². The minimum absolute atomic E-state index is 0. The van der Waals surface area contributed by atoms with E-state index in [0.29, 0.717) is 11.4 Å². The Balaban J connectivity index is -0.00000109. The number of nitrogens with zero attached hydrogens (tertiary/aromatic N) is 3. The zero-order valence-corrected chi connectivity index (χ0v) is 20.0. The number of aromatic carboxylic acids is 1. The number of hydrogen-bond acceptors (Lipinski definition) is 5. The fourth-order valence-electron chi connectivity index (χ4n) is 2.30. The molecule has 0 aliphatic rings. The van der Waals surface area contributed by atoms with Crippen molar-refractivity contribution < 1.29 is 29.4 Å². The Morgan fingerprint density at radius 1 is 0.793 bits per heavy atom. The number of pyridine rings is 3. The summed E-state index contributed by atoms with van der Waals surface area (Å²) in [4.78, 5) is 24.1. The van der Waals surface area contributed by atoms with E-state index in [2.05, 4.69) is 26.6 Å². The van der Waals surface area contributed by atoms with Gasteiger partial charge < -0.3 is 32.2 Å². The van der Waals surface area contributed by atoms with Gasteiger partial charge in [0.25, 0.3) is 0 Å². The summed E-state index contributed by atoms with van der Waals surface area (Å²) in [6.45, 7) is 3.94. The Morgan fingerprint density at radius 2 is 1.24 bits per heavy atom. The maximum absolute atomic E-state index is 11.0. The number of hydrogen-bond donors (Lipinski definition) is 0. The predicted octanol–water partition coefficient (Wildman–Crippen LogP) is 4.39. The molecule has 0 saturated carbocycles. The molecule has 5 nitrogen and oxygen atoms in total. The summed E-state index contributed by atoms with van der Waals surface area (Å²) in [5.74, 6) is -1.23. The van der Waals surface area contributed by atoms with Gasteiger partial charge in [0.1, 0.15) is 0 Å². The van der Waals surface area contributed by atoms with Crippen LogP contribution in [0.3, 0.4) is 0 Å². The van der Waals surface area contributed by atoms with E-state index < -0.39 is 5.97 Å². The maximum Gasteiger partial charge on any atom is 3.00 e. The second kappa shape index (κ2) is 14.8. The van der Waals surface area contributed by atoms with Crippen LogP contribution in [-0.4, -0.2) is 27.3 Å². The predicted molar refractivity (Wildman–Crippen MR) is 116 cm³/mol. The van der Waals surface area contributed by atoms with Crippen LogP contribution in [-0.2, 0) is 19.5 Å².